The lowest BCUT2D eigenvalue weighted by Gasteiger charge is -2.02. The molecule has 0 heterocycles. The van der Waals surface area contributed by atoms with Crippen LogP contribution in [0.2, 0.25) is 0 Å². The molecule has 1 aromatic rings. The molecule has 70 valence electrons. The van der Waals surface area contributed by atoms with Crippen molar-refractivity contribution in [3.8, 4) is 5.75 Å². The van der Waals surface area contributed by atoms with E-state index in [9.17, 15) is 9.90 Å². The Labute approximate surface area is 84.5 Å². The molecule has 0 saturated heterocycles. The van der Waals surface area contributed by atoms with Crippen LogP contribution in [-0.4, -0.2) is 17.7 Å². The maximum Gasteiger partial charge on any atom is 0.338 e. The molecule has 1 N–H and O–H groups in total. The number of carbonyl (C=O) groups excluding carboxylic acids is 1. The van der Waals surface area contributed by atoms with Crippen LogP contribution in [0.25, 0.3) is 0 Å². The molecule has 0 aliphatic heterocycles. The molecule has 0 radical (unpaired) electrons. The fourth-order valence-electron chi connectivity index (χ4n) is 0.854. The predicted molar refractivity (Wildman–Crippen MR) is 51.8 cm³/mol. The normalized spacial score (nSPS) is 9.69. The highest BCUT2D eigenvalue weighted by atomic mass is 79.9. The molecule has 4 heteroatoms. The second-order valence-electron chi connectivity index (χ2n) is 2.39. The van der Waals surface area contributed by atoms with Gasteiger partial charge in [-0.3, -0.25) is 0 Å². The maximum absolute atomic E-state index is 11.2. The molecule has 0 saturated carbocycles. The highest BCUT2D eigenvalue weighted by Crippen LogP contribution is 2.24. The van der Waals surface area contributed by atoms with Crippen molar-refractivity contribution in [2.75, 3.05) is 6.61 Å². The quantitative estimate of drug-likeness (QED) is 0.813. The number of carbonyl (C=O) groups is 1. The first-order valence-electron chi connectivity index (χ1n) is 3.80. The lowest BCUT2D eigenvalue weighted by molar-refractivity contribution is 0.0526. The number of phenols is 1. The van der Waals surface area contributed by atoms with E-state index in [-0.39, 0.29) is 5.75 Å². The molecule has 0 bridgehead atoms. The number of hydrogen-bond donors (Lipinski definition) is 1. The summed E-state index contributed by atoms with van der Waals surface area (Å²) >= 11 is 3.12. The molecule has 3 nitrogen and oxygen atoms in total. The summed E-state index contributed by atoms with van der Waals surface area (Å²) in [6.07, 6.45) is 0. The summed E-state index contributed by atoms with van der Waals surface area (Å²) in [6.45, 7) is 2.06. The number of rotatable bonds is 2. The van der Waals surface area contributed by atoms with Crippen LogP contribution in [0.5, 0.6) is 5.75 Å². The van der Waals surface area contributed by atoms with Crippen molar-refractivity contribution in [3.63, 3.8) is 0 Å². The fraction of sp³-hybridized carbons (Fsp3) is 0.222. The molecule has 0 unspecified atom stereocenters. The third kappa shape index (κ3) is 2.45. The molecular formula is C9H9BrO3. The van der Waals surface area contributed by atoms with Crippen LogP contribution in [0, 0.1) is 0 Å². The Morgan fingerprint density at radius 2 is 2.31 bits per heavy atom. The summed E-state index contributed by atoms with van der Waals surface area (Å²) in [4.78, 5) is 11.2. The second kappa shape index (κ2) is 4.28. The standard InChI is InChI=1S/C9H9BrO3/c1-2-13-9(12)6-3-4-7(10)8(11)5-6/h3-5,11H,2H2,1H3. The maximum atomic E-state index is 11.2. The van der Waals surface area contributed by atoms with Gasteiger partial charge in [-0.2, -0.15) is 0 Å². The average molecular weight is 245 g/mol. The number of ether oxygens (including phenoxy) is 1. The van der Waals surface area contributed by atoms with Crippen molar-refractivity contribution in [1.29, 1.82) is 0 Å². The van der Waals surface area contributed by atoms with E-state index in [1.807, 2.05) is 0 Å². The molecule has 0 aliphatic rings. The monoisotopic (exact) mass is 244 g/mol. The fourth-order valence-corrected chi connectivity index (χ4v) is 1.10. The van der Waals surface area contributed by atoms with E-state index in [2.05, 4.69) is 15.9 Å². The zero-order chi connectivity index (χ0) is 9.84. The van der Waals surface area contributed by atoms with Gasteiger partial charge in [-0.05, 0) is 41.1 Å². The third-order valence-electron chi connectivity index (χ3n) is 1.46. The zero-order valence-corrected chi connectivity index (χ0v) is 8.67. The molecule has 0 spiro atoms. The van der Waals surface area contributed by atoms with Crippen molar-refractivity contribution in [3.05, 3.63) is 28.2 Å². The third-order valence-corrected chi connectivity index (χ3v) is 2.13. The SMILES string of the molecule is CCOC(=O)c1ccc(Br)c(O)c1. The van der Waals surface area contributed by atoms with Crippen molar-refractivity contribution >= 4 is 21.9 Å². The molecule has 1 aromatic carbocycles. The summed E-state index contributed by atoms with van der Waals surface area (Å²) in [5.41, 5.74) is 0.350. The predicted octanol–water partition coefficient (Wildman–Crippen LogP) is 2.33. The van der Waals surface area contributed by atoms with Gasteiger partial charge in [-0.25, -0.2) is 4.79 Å². The van der Waals surface area contributed by atoms with E-state index in [1.54, 1.807) is 19.1 Å². The van der Waals surface area contributed by atoms with Crippen LogP contribution < -0.4 is 0 Å². The lowest BCUT2D eigenvalue weighted by Crippen LogP contribution is -2.03. The van der Waals surface area contributed by atoms with E-state index in [1.165, 1.54) is 6.07 Å². The summed E-state index contributed by atoms with van der Waals surface area (Å²) in [5, 5.41) is 9.26. The van der Waals surface area contributed by atoms with Gasteiger partial charge in [0.2, 0.25) is 0 Å². The van der Waals surface area contributed by atoms with Crippen molar-refractivity contribution in [2.45, 2.75) is 6.92 Å². The molecule has 0 aromatic heterocycles. The Kier molecular flexibility index (Phi) is 3.31. The van der Waals surface area contributed by atoms with Crippen LogP contribution in [-0.2, 0) is 4.74 Å². The molecule has 1 rings (SSSR count). The van der Waals surface area contributed by atoms with E-state index in [0.717, 1.165) is 0 Å². The minimum Gasteiger partial charge on any atom is -0.507 e. The van der Waals surface area contributed by atoms with Gasteiger partial charge < -0.3 is 9.84 Å². The number of aromatic hydroxyl groups is 1. The Balaban J connectivity index is 2.90. The Morgan fingerprint density at radius 1 is 1.62 bits per heavy atom. The van der Waals surface area contributed by atoms with Gasteiger partial charge in [-0.1, -0.05) is 0 Å². The van der Waals surface area contributed by atoms with Crippen LogP contribution in [0.3, 0.4) is 0 Å². The first-order valence-corrected chi connectivity index (χ1v) is 4.60. The van der Waals surface area contributed by atoms with Gasteiger partial charge in [0.15, 0.2) is 0 Å². The van der Waals surface area contributed by atoms with E-state index in [4.69, 9.17) is 4.74 Å². The summed E-state index contributed by atoms with van der Waals surface area (Å²) in [6, 6.07) is 4.55. The largest absolute Gasteiger partial charge is 0.507 e. The van der Waals surface area contributed by atoms with Gasteiger partial charge in [0, 0.05) is 0 Å². The van der Waals surface area contributed by atoms with Crippen LogP contribution >= 0.6 is 15.9 Å². The summed E-state index contributed by atoms with van der Waals surface area (Å²) < 4.78 is 5.31. The van der Waals surface area contributed by atoms with Crippen LogP contribution in [0.15, 0.2) is 22.7 Å². The van der Waals surface area contributed by atoms with Gasteiger partial charge >= 0.3 is 5.97 Å². The number of phenolic OH excluding ortho intramolecular Hbond substituents is 1. The van der Waals surface area contributed by atoms with Crippen molar-refractivity contribution in [2.24, 2.45) is 0 Å². The molecule has 0 atom stereocenters. The number of benzene rings is 1. The Bertz CT molecular complexity index is 323. The smallest absolute Gasteiger partial charge is 0.338 e. The van der Waals surface area contributed by atoms with Gasteiger partial charge in [0.05, 0.1) is 16.6 Å². The van der Waals surface area contributed by atoms with Crippen molar-refractivity contribution in [1.82, 2.24) is 0 Å². The van der Waals surface area contributed by atoms with Gasteiger partial charge in [0.1, 0.15) is 5.75 Å². The molecule has 0 fully saturated rings. The first-order chi connectivity index (χ1) is 6.15. The number of esters is 1. The second-order valence-corrected chi connectivity index (χ2v) is 3.24. The summed E-state index contributed by atoms with van der Waals surface area (Å²) in [7, 11) is 0. The molecule has 0 aliphatic carbocycles. The molecule has 0 amide bonds. The minimum absolute atomic E-state index is 0.0329. The van der Waals surface area contributed by atoms with E-state index in [0.29, 0.717) is 16.6 Å². The van der Waals surface area contributed by atoms with Crippen molar-refractivity contribution < 1.29 is 14.6 Å². The Hall–Kier alpha value is -1.03. The van der Waals surface area contributed by atoms with E-state index < -0.39 is 5.97 Å². The molecule has 13 heavy (non-hydrogen) atoms. The Morgan fingerprint density at radius 3 is 2.85 bits per heavy atom. The molecular weight excluding hydrogens is 236 g/mol. The highest BCUT2D eigenvalue weighted by molar-refractivity contribution is 9.10. The minimum atomic E-state index is -0.426. The van der Waals surface area contributed by atoms with Crippen LogP contribution in [0.1, 0.15) is 17.3 Å². The number of halogens is 1. The summed E-state index contributed by atoms with van der Waals surface area (Å²) in [5.74, 6) is -0.393. The van der Waals surface area contributed by atoms with Gasteiger partial charge in [0.25, 0.3) is 0 Å². The highest BCUT2D eigenvalue weighted by Gasteiger charge is 2.08. The van der Waals surface area contributed by atoms with E-state index >= 15 is 0 Å². The zero-order valence-electron chi connectivity index (χ0n) is 7.08. The van der Waals surface area contributed by atoms with Gasteiger partial charge in [-0.15, -0.1) is 0 Å². The first kappa shape index (κ1) is 10.1. The average Bonchev–Trinajstić information content (AvgIpc) is 2.10. The number of hydrogen-bond acceptors (Lipinski definition) is 3. The lowest BCUT2D eigenvalue weighted by atomic mass is 10.2. The topological polar surface area (TPSA) is 46.5 Å². The van der Waals surface area contributed by atoms with Crippen LogP contribution in [0.4, 0.5) is 0 Å².